The van der Waals surface area contributed by atoms with E-state index in [1.165, 1.54) is 12.1 Å². The molecule has 0 atom stereocenters. The van der Waals surface area contributed by atoms with Crippen LogP contribution in [-0.2, 0) is 0 Å². The summed E-state index contributed by atoms with van der Waals surface area (Å²) in [5, 5.41) is 33.5. The number of phenols is 2. The number of halogens is 2. The second-order valence-corrected chi connectivity index (χ2v) is 8.93. The molecule has 4 aromatic carbocycles. The van der Waals surface area contributed by atoms with Crippen LogP contribution < -0.4 is 5.32 Å². The van der Waals surface area contributed by atoms with Gasteiger partial charge in [-0.1, -0.05) is 42.1 Å². The molecule has 176 valence electrons. The van der Waals surface area contributed by atoms with Gasteiger partial charge < -0.3 is 15.5 Å². The zero-order chi connectivity index (χ0) is 25.6. The Balaban J connectivity index is 1.66. The average Bonchev–Trinajstić information content (AvgIpc) is 2.87. The van der Waals surface area contributed by atoms with Crippen molar-refractivity contribution < 1.29 is 28.6 Å². The molecule has 0 saturated heterocycles. The van der Waals surface area contributed by atoms with E-state index in [2.05, 4.69) is 5.32 Å². The minimum Gasteiger partial charge on any atom is -0.507 e. The van der Waals surface area contributed by atoms with Crippen molar-refractivity contribution >= 4 is 34.7 Å². The lowest BCUT2D eigenvalue weighted by molar-refractivity contribution is 0.0966. The van der Waals surface area contributed by atoms with Crippen LogP contribution in [0.15, 0.2) is 76.5 Å². The molecule has 0 radical (unpaired) electrons. The molecule has 3 N–H and O–H groups in total. The van der Waals surface area contributed by atoms with Crippen molar-refractivity contribution in [3.05, 3.63) is 106 Å². The molecule has 6 nitrogen and oxygen atoms in total. The van der Waals surface area contributed by atoms with Gasteiger partial charge >= 0.3 is 0 Å². The number of carbonyl (C=O) groups is 2. The fourth-order valence-corrected chi connectivity index (χ4v) is 4.92. The quantitative estimate of drug-likeness (QED) is 0.208. The number of rotatable bonds is 4. The SMILES string of the molecule is N#Cc1ccccc1Nc1cc(O)c2c(c1O)C(=O)c1c(F)c(Sc3ccccc3)cc(F)c1C2=O. The second kappa shape index (κ2) is 8.83. The summed E-state index contributed by atoms with van der Waals surface area (Å²) >= 11 is 0.869. The molecule has 5 rings (SSSR count). The number of ketones is 2. The number of nitrogens with zero attached hydrogens (tertiary/aromatic N) is 1. The molecule has 36 heavy (non-hydrogen) atoms. The number of nitriles is 1. The van der Waals surface area contributed by atoms with Gasteiger partial charge in [-0.25, -0.2) is 8.78 Å². The molecule has 0 amide bonds. The largest absolute Gasteiger partial charge is 0.507 e. The van der Waals surface area contributed by atoms with Gasteiger partial charge in [0.05, 0.1) is 44.1 Å². The molecule has 0 aromatic heterocycles. The predicted molar refractivity (Wildman–Crippen MR) is 128 cm³/mol. The molecule has 1 aliphatic carbocycles. The molecule has 0 heterocycles. The van der Waals surface area contributed by atoms with Gasteiger partial charge in [-0.3, -0.25) is 9.59 Å². The molecule has 9 heteroatoms. The molecule has 0 fully saturated rings. The standard InChI is InChI=1S/C27H14F2N2O4S/c28-15-10-19(36-14-7-2-1-3-8-14)24(29)22-20(15)26(34)21-18(32)11-17(25(33)23(21)27(22)35)31-16-9-5-4-6-13(16)12-30/h1-11,31-33H. The molecule has 0 unspecified atom stereocenters. The number of hydrogen-bond acceptors (Lipinski definition) is 7. The van der Waals surface area contributed by atoms with Crippen LogP contribution >= 0.6 is 11.8 Å². The summed E-state index contributed by atoms with van der Waals surface area (Å²) in [7, 11) is 0. The number of para-hydroxylation sites is 1. The Bertz CT molecular complexity index is 1630. The minimum absolute atomic E-state index is 0.200. The van der Waals surface area contributed by atoms with Gasteiger partial charge in [0, 0.05) is 11.0 Å². The monoisotopic (exact) mass is 500 g/mol. The smallest absolute Gasteiger partial charge is 0.201 e. The molecule has 0 bridgehead atoms. The highest BCUT2D eigenvalue weighted by molar-refractivity contribution is 7.99. The Morgan fingerprint density at radius 3 is 2.19 bits per heavy atom. The second-order valence-electron chi connectivity index (χ2n) is 7.82. The summed E-state index contributed by atoms with van der Waals surface area (Å²) in [6, 6.07) is 18.5. The third-order valence-electron chi connectivity index (χ3n) is 5.66. The van der Waals surface area contributed by atoms with Crippen LogP contribution in [0.5, 0.6) is 11.5 Å². The van der Waals surface area contributed by atoms with Crippen molar-refractivity contribution in [3.63, 3.8) is 0 Å². The Labute approximate surface area is 207 Å². The molecule has 0 aliphatic heterocycles. The number of phenolic OH excluding ortho intramolecular Hbond substituents is 2. The van der Waals surface area contributed by atoms with Crippen molar-refractivity contribution in [1.82, 2.24) is 0 Å². The van der Waals surface area contributed by atoms with Crippen LogP contribution in [0, 0.1) is 23.0 Å². The topological polar surface area (TPSA) is 110 Å². The molecule has 0 spiro atoms. The van der Waals surface area contributed by atoms with Gasteiger partial charge in [-0.05, 0) is 30.3 Å². The highest BCUT2D eigenvalue weighted by atomic mass is 32.2. The maximum atomic E-state index is 15.6. The van der Waals surface area contributed by atoms with E-state index < -0.39 is 57.0 Å². The van der Waals surface area contributed by atoms with Crippen LogP contribution in [0.2, 0.25) is 0 Å². The average molecular weight is 500 g/mol. The Morgan fingerprint density at radius 1 is 0.806 bits per heavy atom. The Kier molecular flexibility index (Phi) is 5.66. The molecule has 4 aromatic rings. The number of benzene rings is 4. The van der Waals surface area contributed by atoms with Gasteiger partial charge in [0.1, 0.15) is 23.5 Å². The predicted octanol–water partition coefficient (Wildman–Crippen LogP) is 5.92. The highest BCUT2D eigenvalue weighted by Crippen LogP contribution is 2.45. The highest BCUT2D eigenvalue weighted by Gasteiger charge is 2.40. The van der Waals surface area contributed by atoms with Gasteiger partial charge in [0.15, 0.2) is 5.75 Å². The van der Waals surface area contributed by atoms with E-state index in [9.17, 15) is 25.1 Å². The zero-order valence-electron chi connectivity index (χ0n) is 18.2. The van der Waals surface area contributed by atoms with Gasteiger partial charge in [0.25, 0.3) is 0 Å². The van der Waals surface area contributed by atoms with Crippen molar-refractivity contribution in [2.75, 3.05) is 5.32 Å². The lowest BCUT2D eigenvalue weighted by atomic mass is 9.82. The summed E-state index contributed by atoms with van der Waals surface area (Å²) in [6.45, 7) is 0. The lowest BCUT2D eigenvalue weighted by Gasteiger charge is -2.23. The van der Waals surface area contributed by atoms with Crippen LogP contribution in [0.3, 0.4) is 0 Å². The first-order valence-corrected chi connectivity index (χ1v) is 11.3. The lowest BCUT2D eigenvalue weighted by Crippen LogP contribution is -2.25. The number of hydrogen-bond donors (Lipinski definition) is 3. The Hall–Kier alpha value is -4.68. The number of nitrogens with one attached hydrogen (secondary N) is 1. The van der Waals surface area contributed by atoms with Crippen LogP contribution in [0.25, 0.3) is 0 Å². The molecular formula is C27H14F2N2O4S. The third-order valence-corrected chi connectivity index (χ3v) is 6.68. The van der Waals surface area contributed by atoms with E-state index in [1.54, 1.807) is 42.5 Å². The molecule has 0 saturated carbocycles. The van der Waals surface area contributed by atoms with Crippen molar-refractivity contribution in [3.8, 4) is 17.6 Å². The summed E-state index contributed by atoms with van der Waals surface area (Å²) < 4.78 is 30.6. The van der Waals surface area contributed by atoms with Crippen LogP contribution in [-0.4, -0.2) is 21.8 Å². The van der Waals surface area contributed by atoms with Gasteiger partial charge in [-0.15, -0.1) is 0 Å². The van der Waals surface area contributed by atoms with Gasteiger partial charge in [0.2, 0.25) is 11.6 Å². The first kappa shape index (κ1) is 23.1. The molecule has 1 aliphatic rings. The van der Waals surface area contributed by atoms with Crippen molar-refractivity contribution in [2.24, 2.45) is 0 Å². The third kappa shape index (κ3) is 3.65. The van der Waals surface area contributed by atoms with Gasteiger partial charge in [-0.2, -0.15) is 5.26 Å². The first-order chi connectivity index (χ1) is 17.3. The summed E-state index contributed by atoms with van der Waals surface area (Å²) in [5.41, 5.74) is -2.67. The molecular weight excluding hydrogens is 486 g/mol. The van der Waals surface area contributed by atoms with E-state index >= 15 is 8.78 Å². The maximum absolute atomic E-state index is 15.6. The van der Waals surface area contributed by atoms with Crippen molar-refractivity contribution in [1.29, 1.82) is 5.26 Å². The normalized spacial score (nSPS) is 12.0. The van der Waals surface area contributed by atoms with Crippen LogP contribution in [0.1, 0.15) is 37.4 Å². The van der Waals surface area contributed by atoms with Crippen LogP contribution in [0.4, 0.5) is 20.2 Å². The van der Waals surface area contributed by atoms with E-state index in [0.29, 0.717) is 4.90 Å². The summed E-state index contributed by atoms with van der Waals surface area (Å²) in [4.78, 5) is 26.9. The van der Waals surface area contributed by atoms with E-state index in [-0.39, 0.29) is 21.8 Å². The van der Waals surface area contributed by atoms with Crippen molar-refractivity contribution in [2.45, 2.75) is 9.79 Å². The first-order valence-electron chi connectivity index (χ1n) is 10.5. The summed E-state index contributed by atoms with van der Waals surface area (Å²) in [6.07, 6.45) is 0. The number of anilines is 2. The fraction of sp³-hybridized carbons (Fsp3) is 0. The number of aromatic hydroxyl groups is 2. The van der Waals surface area contributed by atoms with E-state index in [4.69, 9.17) is 0 Å². The number of fused-ring (bicyclic) bond motifs is 2. The Morgan fingerprint density at radius 2 is 1.47 bits per heavy atom. The zero-order valence-corrected chi connectivity index (χ0v) is 19.0. The number of carbonyl (C=O) groups excluding carboxylic acids is 2. The minimum atomic E-state index is -1.16. The van der Waals surface area contributed by atoms with E-state index in [0.717, 1.165) is 23.9 Å². The summed E-state index contributed by atoms with van der Waals surface area (Å²) in [5.74, 6) is -6.00. The maximum Gasteiger partial charge on any atom is 0.201 e. The fourth-order valence-electron chi connectivity index (χ4n) is 4.02. The van der Waals surface area contributed by atoms with E-state index in [1.807, 2.05) is 6.07 Å².